The highest BCUT2D eigenvalue weighted by atomic mass is 16.4. The van der Waals surface area contributed by atoms with E-state index in [4.69, 9.17) is 5.11 Å². The number of rotatable bonds is 6. The van der Waals surface area contributed by atoms with Crippen LogP contribution in [0.4, 0.5) is 5.82 Å². The maximum Gasteiger partial charge on any atom is 0.325 e. The number of carboxylic acids is 1. The van der Waals surface area contributed by atoms with Gasteiger partial charge in [0.25, 0.3) is 5.91 Å². The number of hydrogen-bond acceptors (Lipinski definition) is 4. The van der Waals surface area contributed by atoms with Gasteiger partial charge in [-0.15, -0.1) is 6.58 Å². The molecule has 3 N–H and O–H groups in total. The summed E-state index contributed by atoms with van der Waals surface area (Å²) >= 11 is 0. The number of nitrogens with zero attached hydrogens (tertiary/aromatic N) is 1. The SMILES string of the molecule is C=CCNC(=O)c1ccc(N[C@H](C)C(=O)O)nc1. The standard InChI is InChI=1S/C12H15N3O3/c1-3-6-13-11(16)9-4-5-10(14-7-9)15-8(2)12(17)18/h3-5,7-8H,1,6H2,2H3,(H,13,16)(H,14,15)(H,17,18)/t8-/m1/s1. The molecule has 0 fully saturated rings. The van der Waals surface area contributed by atoms with E-state index in [1.807, 2.05) is 0 Å². The van der Waals surface area contributed by atoms with Gasteiger partial charge in [0.05, 0.1) is 5.56 Å². The Morgan fingerprint density at radius 2 is 2.28 bits per heavy atom. The number of aromatic nitrogens is 1. The summed E-state index contributed by atoms with van der Waals surface area (Å²) in [6, 6.07) is 2.39. The van der Waals surface area contributed by atoms with E-state index >= 15 is 0 Å². The second-order valence-electron chi connectivity index (χ2n) is 3.64. The number of hydrogen-bond donors (Lipinski definition) is 3. The lowest BCUT2D eigenvalue weighted by molar-refractivity contribution is -0.137. The average Bonchev–Trinajstić information content (AvgIpc) is 2.36. The van der Waals surface area contributed by atoms with Crippen LogP contribution in [0.25, 0.3) is 0 Å². The van der Waals surface area contributed by atoms with E-state index in [0.29, 0.717) is 17.9 Å². The quantitative estimate of drug-likeness (QED) is 0.651. The molecule has 0 radical (unpaired) electrons. The Hall–Kier alpha value is -2.37. The Labute approximate surface area is 105 Å². The van der Waals surface area contributed by atoms with Crippen molar-refractivity contribution in [3.63, 3.8) is 0 Å². The van der Waals surface area contributed by atoms with Crippen molar-refractivity contribution in [3.05, 3.63) is 36.5 Å². The van der Waals surface area contributed by atoms with E-state index in [9.17, 15) is 9.59 Å². The Balaban J connectivity index is 2.65. The Morgan fingerprint density at radius 3 is 2.78 bits per heavy atom. The highest BCUT2D eigenvalue weighted by molar-refractivity contribution is 5.94. The van der Waals surface area contributed by atoms with Gasteiger partial charge in [0, 0.05) is 12.7 Å². The molecule has 0 aromatic carbocycles. The number of anilines is 1. The van der Waals surface area contributed by atoms with Gasteiger partial charge >= 0.3 is 5.97 Å². The van der Waals surface area contributed by atoms with Gasteiger partial charge in [0.1, 0.15) is 11.9 Å². The van der Waals surface area contributed by atoms with Crippen molar-refractivity contribution in [2.45, 2.75) is 13.0 Å². The fraction of sp³-hybridized carbons (Fsp3) is 0.250. The van der Waals surface area contributed by atoms with Gasteiger partial charge in [0.2, 0.25) is 0 Å². The molecule has 1 heterocycles. The summed E-state index contributed by atoms with van der Waals surface area (Å²) in [5.41, 5.74) is 0.408. The van der Waals surface area contributed by atoms with Crippen molar-refractivity contribution < 1.29 is 14.7 Å². The number of carboxylic acid groups (broad SMARTS) is 1. The highest BCUT2D eigenvalue weighted by Crippen LogP contribution is 2.06. The molecule has 0 spiro atoms. The fourth-order valence-electron chi connectivity index (χ4n) is 1.16. The average molecular weight is 249 g/mol. The van der Waals surface area contributed by atoms with E-state index < -0.39 is 12.0 Å². The summed E-state index contributed by atoms with van der Waals surface area (Å²) in [6.07, 6.45) is 2.96. The van der Waals surface area contributed by atoms with Crippen LogP contribution in [0.5, 0.6) is 0 Å². The molecule has 96 valence electrons. The lowest BCUT2D eigenvalue weighted by Crippen LogP contribution is -2.26. The summed E-state index contributed by atoms with van der Waals surface area (Å²) in [5.74, 6) is -0.810. The monoisotopic (exact) mass is 249 g/mol. The first-order valence-electron chi connectivity index (χ1n) is 5.39. The summed E-state index contributed by atoms with van der Waals surface area (Å²) in [4.78, 5) is 26.1. The second kappa shape index (κ2) is 6.39. The molecule has 6 heteroatoms. The van der Waals surface area contributed by atoms with Crippen molar-refractivity contribution in [3.8, 4) is 0 Å². The van der Waals surface area contributed by atoms with Gasteiger partial charge in [-0.2, -0.15) is 0 Å². The zero-order chi connectivity index (χ0) is 13.5. The normalized spacial score (nSPS) is 11.4. The first-order chi connectivity index (χ1) is 8.54. The zero-order valence-electron chi connectivity index (χ0n) is 10.0. The molecule has 0 aliphatic carbocycles. The molecule has 1 aromatic heterocycles. The Bertz CT molecular complexity index is 442. The number of aliphatic carboxylic acids is 1. The minimum atomic E-state index is -0.968. The number of amides is 1. The number of carbonyl (C=O) groups excluding carboxylic acids is 1. The first-order valence-corrected chi connectivity index (χ1v) is 5.39. The Kier molecular flexibility index (Phi) is 4.86. The molecule has 0 aliphatic heterocycles. The third-order valence-electron chi connectivity index (χ3n) is 2.17. The van der Waals surface area contributed by atoms with Crippen LogP contribution in [0.2, 0.25) is 0 Å². The lowest BCUT2D eigenvalue weighted by Gasteiger charge is -2.10. The van der Waals surface area contributed by atoms with Crippen LogP contribution >= 0.6 is 0 Å². The molecular weight excluding hydrogens is 234 g/mol. The molecule has 18 heavy (non-hydrogen) atoms. The molecule has 6 nitrogen and oxygen atoms in total. The number of nitrogens with one attached hydrogen (secondary N) is 2. The highest BCUT2D eigenvalue weighted by Gasteiger charge is 2.11. The molecular formula is C12H15N3O3. The van der Waals surface area contributed by atoms with E-state index in [0.717, 1.165) is 0 Å². The van der Waals surface area contributed by atoms with Gasteiger partial charge in [-0.3, -0.25) is 9.59 Å². The zero-order valence-corrected chi connectivity index (χ0v) is 10.0. The van der Waals surface area contributed by atoms with Crippen molar-refractivity contribution in [2.24, 2.45) is 0 Å². The Morgan fingerprint density at radius 1 is 1.56 bits per heavy atom. The number of carbonyl (C=O) groups is 2. The number of pyridine rings is 1. The van der Waals surface area contributed by atoms with E-state index in [1.54, 1.807) is 18.2 Å². The first kappa shape index (κ1) is 13.7. The van der Waals surface area contributed by atoms with Crippen molar-refractivity contribution >= 4 is 17.7 Å². The molecule has 1 aromatic rings. The van der Waals surface area contributed by atoms with E-state index in [1.165, 1.54) is 13.1 Å². The van der Waals surface area contributed by atoms with Crippen molar-refractivity contribution in [1.29, 1.82) is 0 Å². The molecule has 0 bridgehead atoms. The molecule has 0 aliphatic rings. The third kappa shape index (κ3) is 3.89. The summed E-state index contributed by atoms with van der Waals surface area (Å²) in [6.45, 7) is 5.39. The maximum absolute atomic E-state index is 11.5. The second-order valence-corrected chi connectivity index (χ2v) is 3.64. The largest absolute Gasteiger partial charge is 0.480 e. The van der Waals surface area contributed by atoms with Crippen molar-refractivity contribution in [2.75, 3.05) is 11.9 Å². The predicted molar refractivity (Wildman–Crippen MR) is 67.5 cm³/mol. The van der Waals surface area contributed by atoms with Gasteiger partial charge in [0.15, 0.2) is 0 Å². The summed E-state index contributed by atoms with van der Waals surface area (Å²) < 4.78 is 0. The van der Waals surface area contributed by atoms with Gasteiger partial charge in [-0.25, -0.2) is 4.98 Å². The van der Waals surface area contributed by atoms with Crippen LogP contribution in [0.1, 0.15) is 17.3 Å². The summed E-state index contributed by atoms with van der Waals surface area (Å²) in [7, 11) is 0. The minimum absolute atomic E-state index is 0.250. The molecule has 0 saturated heterocycles. The van der Waals surface area contributed by atoms with Crippen LogP contribution in [-0.2, 0) is 4.79 Å². The molecule has 1 atom stereocenters. The fourth-order valence-corrected chi connectivity index (χ4v) is 1.16. The van der Waals surface area contributed by atoms with Crippen LogP contribution < -0.4 is 10.6 Å². The molecule has 1 rings (SSSR count). The third-order valence-corrected chi connectivity index (χ3v) is 2.17. The summed E-state index contributed by atoms with van der Waals surface area (Å²) in [5, 5.41) is 14.0. The van der Waals surface area contributed by atoms with Crippen LogP contribution in [0.3, 0.4) is 0 Å². The minimum Gasteiger partial charge on any atom is -0.480 e. The van der Waals surface area contributed by atoms with Crippen LogP contribution in [0.15, 0.2) is 31.0 Å². The van der Waals surface area contributed by atoms with E-state index in [-0.39, 0.29) is 5.91 Å². The van der Waals surface area contributed by atoms with Crippen LogP contribution in [-0.4, -0.2) is 34.6 Å². The topological polar surface area (TPSA) is 91.3 Å². The van der Waals surface area contributed by atoms with Crippen LogP contribution in [0, 0.1) is 0 Å². The molecule has 0 saturated carbocycles. The predicted octanol–water partition coefficient (Wildman–Crippen LogP) is 0.882. The lowest BCUT2D eigenvalue weighted by atomic mass is 10.2. The maximum atomic E-state index is 11.5. The van der Waals surface area contributed by atoms with Gasteiger partial charge in [-0.05, 0) is 19.1 Å². The molecule has 0 unspecified atom stereocenters. The van der Waals surface area contributed by atoms with Gasteiger partial charge < -0.3 is 15.7 Å². The van der Waals surface area contributed by atoms with Crippen molar-refractivity contribution in [1.82, 2.24) is 10.3 Å². The van der Waals surface area contributed by atoms with Gasteiger partial charge in [-0.1, -0.05) is 6.08 Å². The smallest absolute Gasteiger partial charge is 0.325 e. The van der Waals surface area contributed by atoms with E-state index in [2.05, 4.69) is 22.2 Å². The molecule has 1 amide bonds.